The molecule has 0 unspecified atom stereocenters. The Balaban J connectivity index is 1.91. The van der Waals surface area contributed by atoms with Crippen LogP contribution >= 0.6 is 11.8 Å². The van der Waals surface area contributed by atoms with Crippen molar-refractivity contribution in [2.45, 2.75) is 63.0 Å². The van der Waals surface area contributed by atoms with Gasteiger partial charge in [0.05, 0.1) is 16.2 Å². The Morgan fingerprint density at radius 2 is 2.04 bits per heavy atom. The average molecular weight is 359 g/mol. The van der Waals surface area contributed by atoms with E-state index >= 15 is 0 Å². The Bertz CT molecular complexity index is 827. The van der Waals surface area contributed by atoms with Crippen molar-refractivity contribution in [2.24, 2.45) is 5.92 Å². The second-order valence-electron chi connectivity index (χ2n) is 7.09. The molecule has 2 aromatic rings. The maximum absolute atomic E-state index is 12.9. The second-order valence-corrected chi connectivity index (χ2v) is 8.40. The minimum Gasteiger partial charge on any atom is -0.352 e. The zero-order chi connectivity index (χ0) is 18.0. The molecule has 0 radical (unpaired) electrons. The first kappa shape index (κ1) is 18.0. The molecule has 1 aromatic heterocycles. The van der Waals surface area contributed by atoms with Crippen LogP contribution in [0.25, 0.3) is 10.9 Å². The Kier molecular flexibility index (Phi) is 5.47. The molecule has 1 atom stereocenters. The maximum atomic E-state index is 12.9. The normalized spacial score (nSPS) is 15.5. The van der Waals surface area contributed by atoms with Gasteiger partial charge in [-0.25, -0.2) is 4.98 Å². The zero-order valence-electron chi connectivity index (χ0n) is 15.0. The van der Waals surface area contributed by atoms with Gasteiger partial charge in [-0.2, -0.15) is 0 Å². The van der Waals surface area contributed by atoms with Crippen molar-refractivity contribution >= 4 is 28.6 Å². The molecule has 6 heteroatoms. The number of nitrogens with zero attached hydrogens (tertiary/aromatic N) is 2. The summed E-state index contributed by atoms with van der Waals surface area (Å²) in [4.78, 5) is 29.9. The molecular formula is C19H25N3O2S. The summed E-state index contributed by atoms with van der Waals surface area (Å²) in [7, 11) is 0. The number of aromatic nitrogens is 2. The lowest BCUT2D eigenvalue weighted by molar-refractivity contribution is -0.120. The van der Waals surface area contributed by atoms with Crippen molar-refractivity contribution in [1.82, 2.24) is 14.9 Å². The van der Waals surface area contributed by atoms with Crippen LogP contribution in [0, 0.1) is 5.92 Å². The van der Waals surface area contributed by atoms with Crippen molar-refractivity contribution < 1.29 is 4.79 Å². The molecule has 5 nitrogen and oxygen atoms in total. The van der Waals surface area contributed by atoms with Gasteiger partial charge in [-0.3, -0.25) is 14.2 Å². The lowest BCUT2D eigenvalue weighted by Gasteiger charge is -2.17. The van der Waals surface area contributed by atoms with Crippen LogP contribution in [0.1, 0.15) is 40.0 Å². The summed E-state index contributed by atoms with van der Waals surface area (Å²) in [6.07, 6.45) is 3.03. The molecule has 0 spiro atoms. The number of hydrogen-bond acceptors (Lipinski definition) is 4. The smallest absolute Gasteiger partial charge is 0.262 e. The molecule has 0 aliphatic heterocycles. The van der Waals surface area contributed by atoms with Crippen LogP contribution in [0.4, 0.5) is 0 Å². The third kappa shape index (κ3) is 4.42. The summed E-state index contributed by atoms with van der Waals surface area (Å²) in [6.45, 7) is 6.76. The predicted molar refractivity (Wildman–Crippen MR) is 102 cm³/mol. The highest BCUT2D eigenvalue weighted by molar-refractivity contribution is 8.00. The summed E-state index contributed by atoms with van der Waals surface area (Å²) in [5.74, 6) is 0.511. The molecule has 1 heterocycles. The van der Waals surface area contributed by atoms with E-state index in [1.807, 2.05) is 31.2 Å². The average Bonchev–Trinajstić information content (AvgIpc) is 3.38. The molecule has 25 heavy (non-hydrogen) atoms. The number of carbonyl (C=O) groups is 1. The van der Waals surface area contributed by atoms with E-state index in [1.54, 1.807) is 4.57 Å². The number of rotatable bonds is 7. The highest BCUT2D eigenvalue weighted by atomic mass is 32.2. The van der Waals surface area contributed by atoms with E-state index in [0.29, 0.717) is 34.6 Å². The summed E-state index contributed by atoms with van der Waals surface area (Å²) in [5.41, 5.74) is 0.661. The van der Waals surface area contributed by atoms with Crippen LogP contribution < -0.4 is 10.9 Å². The third-order valence-corrected chi connectivity index (χ3v) is 5.42. The number of fused-ring (bicyclic) bond motifs is 1. The minimum absolute atomic E-state index is 0.0188. The number of amides is 1. The van der Waals surface area contributed by atoms with Gasteiger partial charge in [0, 0.05) is 12.6 Å². The second kappa shape index (κ2) is 7.60. The van der Waals surface area contributed by atoms with Crippen LogP contribution in [0.15, 0.2) is 34.2 Å². The highest BCUT2D eigenvalue weighted by Gasteiger charge is 2.27. The molecule has 3 rings (SSSR count). The number of benzene rings is 1. The van der Waals surface area contributed by atoms with Gasteiger partial charge >= 0.3 is 0 Å². The topological polar surface area (TPSA) is 64.0 Å². The number of thioether (sulfide) groups is 1. The molecule has 1 aliphatic carbocycles. The molecule has 1 fully saturated rings. The number of carbonyl (C=O) groups excluding carboxylic acids is 1. The first-order chi connectivity index (χ1) is 12.0. The molecule has 1 saturated carbocycles. The third-order valence-electron chi connectivity index (χ3n) is 4.33. The maximum Gasteiger partial charge on any atom is 0.262 e. The van der Waals surface area contributed by atoms with Crippen LogP contribution in [0.3, 0.4) is 0 Å². The van der Waals surface area contributed by atoms with Gasteiger partial charge in [0.2, 0.25) is 5.91 Å². The van der Waals surface area contributed by atoms with Crippen molar-refractivity contribution in [3.05, 3.63) is 34.6 Å². The van der Waals surface area contributed by atoms with Gasteiger partial charge in [-0.1, -0.05) is 37.7 Å². The quantitative estimate of drug-likeness (QED) is 0.609. The molecular weight excluding hydrogens is 334 g/mol. The summed E-state index contributed by atoms with van der Waals surface area (Å²) >= 11 is 1.37. The highest BCUT2D eigenvalue weighted by Crippen LogP contribution is 2.25. The molecule has 0 bridgehead atoms. The van der Waals surface area contributed by atoms with E-state index in [-0.39, 0.29) is 16.7 Å². The van der Waals surface area contributed by atoms with Crippen LogP contribution in [0.5, 0.6) is 0 Å². The molecule has 134 valence electrons. The van der Waals surface area contributed by atoms with Crippen molar-refractivity contribution in [3.8, 4) is 0 Å². The minimum atomic E-state index is -0.279. The van der Waals surface area contributed by atoms with Gasteiger partial charge in [0.15, 0.2) is 5.16 Å². The fourth-order valence-electron chi connectivity index (χ4n) is 2.58. The van der Waals surface area contributed by atoms with E-state index in [1.165, 1.54) is 11.8 Å². The fourth-order valence-corrected chi connectivity index (χ4v) is 3.52. The molecule has 1 aromatic carbocycles. The first-order valence-corrected chi connectivity index (χ1v) is 9.80. The first-order valence-electron chi connectivity index (χ1n) is 8.92. The van der Waals surface area contributed by atoms with Crippen LogP contribution in [-0.4, -0.2) is 26.8 Å². The monoisotopic (exact) mass is 359 g/mol. The SMILES string of the molecule is CC(C)CCn1c(S[C@@H](C)C(=O)NC2CC2)nc2ccccc2c1=O. The van der Waals surface area contributed by atoms with Crippen molar-refractivity contribution in [1.29, 1.82) is 0 Å². The predicted octanol–water partition coefficient (Wildman–Crippen LogP) is 3.20. The van der Waals surface area contributed by atoms with Gasteiger partial charge in [0.1, 0.15) is 0 Å². The van der Waals surface area contributed by atoms with Gasteiger partial charge in [-0.15, -0.1) is 0 Å². The lowest BCUT2D eigenvalue weighted by Crippen LogP contribution is -2.33. The van der Waals surface area contributed by atoms with E-state index in [9.17, 15) is 9.59 Å². The zero-order valence-corrected chi connectivity index (χ0v) is 15.8. The fraction of sp³-hybridized carbons (Fsp3) is 0.526. The van der Waals surface area contributed by atoms with E-state index in [0.717, 1.165) is 19.3 Å². The van der Waals surface area contributed by atoms with Gasteiger partial charge in [0.25, 0.3) is 5.56 Å². The largest absolute Gasteiger partial charge is 0.352 e. The summed E-state index contributed by atoms with van der Waals surface area (Å²) < 4.78 is 1.73. The van der Waals surface area contributed by atoms with Crippen LogP contribution in [0.2, 0.25) is 0 Å². The van der Waals surface area contributed by atoms with E-state index < -0.39 is 0 Å². The van der Waals surface area contributed by atoms with E-state index in [2.05, 4.69) is 24.1 Å². The van der Waals surface area contributed by atoms with Gasteiger partial charge in [-0.05, 0) is 44.2 Å². The number of para-hydroxylation sites is 1. The lowest BCUT2D eigenvalue weighted by atomic mass is 10.1. The Hall–Kier alpha value is -1.82. The van der Waals surface area contributed by atoms with Crippen molar-refractivity contribution in [2.75, 3.05) is 0 Å². The standard InChI is InChI=1S/C19H25N3O2S/c1-12(2)10-11-22-18(24)15-6-4-5-7-16(15)21-19(22)25-13(3)17(23)20-14-8-9-14/h4-7,12-14H,8-11H2,1-3H3,(H,20,23)/t13-/m0/s1. The molecule has 0 saturated heterocycles. The molecule has 1 amide bonds. The van der Waals surface area contributed by atoms with E-state index in [4.69, 9.17) is 0 Å². The van der Waals surface area contributed by atoms with Gasteiger partial charge < -0.3 is 5.32 Å². The number of hydrogen-bond donors (Lipinski definition) is 1. The van der Waals surface area contributed by atoms with Crippen LogP contribution in [-0.2, 0) is 11.3 Å². The summed E-state index contributed by atoms with van der Waals surface area (Å²) in [6, 6.07) is 7.74. The Morgan fingerprint density at radius 3 is 2.72 bits per heavy atom. The molecule has 1 aliphatic rings. The summed E-state index contributed by atoms with van der Waals surface area (Å²) in [5, 5.41) is 4.00. The Morgan fingerprint density at radius 1 is 1.32 bits per heavy atom. The molecule has 1 N–H and O–H groups in total. The number of nitrogens with one attached hydrogen (secondary N) is 1. The van der Waals surface area contributed by atoms with Crippen molar-refractivity contribution in [3.63, 3.8) is 0 Å². The Labute approximate surface area is 152 Å².